The second-order valence-corrected chi connectivity index (χ2v) is 5.60. The van der Waals surface area contributed by atoms with E-state index in [1.807, 2.05) is 25.2 Å². The summed E-state index contributed by atoms with van der Waals surface area (Å²) in [6, 6.07) is 8.50. The summed E-state index contributed by atoms with van der Waals surface area (Å²) in [5.74, 6) is 0. The van der Waals surface area contributed by atoms with Crippen LogP contribution in [0.15, 0.2) is 24.3 Å². The van der Waals surface area contributed by atoms with Gasteiger partial charge in [-0.2, -0.15) is 0 Å². The van der Waals surface area contributed by atoms with E-state index in [9.17, 15) is 5.11 Å². The van der Waals surface area contributed by atoms with Crippen LogP contribution in [0.2, 0.25) is 5.02 Å². The van der Waals surface area contributed by atoms with Crippen molar-refractivity contribution in [1.82, 2.24) is 10.2 Å². The molecule has 100 valence electrons. The van der Waals surface area contributed by atoms with E-state index in [4.69, 9.17) is 11.6 Å². The van der Waals surface area contributed by atoms with Gasteiger partial charge >= 0.3 is 0 Å². The fourth-order valence-corrected chi connectivity index (χ4v) is 2.24. The minimum absolute atomic E-state index is 0.310. The number of rotatable bonds is 7. The van der Waals surface area contributed by atoms with Gasteiger partial charge < -0.3 is 10.4 Å². The molecule has 0 aromatic heterocycles. The standard InChI is InChI=1S/C14H21ClN2O/c1-17(9-11-3-2-4-12(15)7-11)10-14(18)8-16-13-5-6-13/h2-4,7,13-14,16,18H,5-6,8-10H2,1H3. The second kappa shape index (κ2) is 6.53. The molecule has 1 aromatic carbocycles. The van der Waals surface area contributed by atoms with Crippen LogP contribution in [0.3, 0.4) is 0 Å². The molecule has 1 fully saturated rings. The molecule has 1 atom stereocenters. The maximum absolute atomic E-state index is 9.90. The van der Waals surface area contributed by atoms with Crippen molar-refractivity contribution in [2.75, 3.05) is 20.1 Å². The molecule has 0 bridgehead atoms. The van der Waals surface area contributed by atoms with Crippen LogP contribution in [0, 0.1) is 0 Å². The van der Waals surface area contributed by atoms with Crippen molar-refractivity contribution >= 4 is 11.6 Å². The summed E-state index contributed by atoms with van der Waals surface area (Å²) in [5, 5.41) is 14.0. The van der Waals surface area contributed by atoms with Gasteiger partial charge in [-0.25, -0.2) is 0 Å². The van der Waals surface area contributed by atoms with Gasteiger partial charge in [-0.15, -0.1) is 0 Å². The van der Waals surface area contributed by atoms with Crippen LogP contribution in [0.4, 0.5) is 0 Å². The fraction of sp³-hybridized carbons (Fsp3) is 0.571. The molecule has 1 saturated carbocycles. The Kier molecular flexibility index (Phi) is 5.01. The Hall–Kier alpha value is -0.610. The van der Waals surface area contributed by atoms with Crippen molar-refractivity contribution in [2.45, 2.75) is 31.5 Å². The van der Waals surface area contributed by atoms with Crippen molar-refractivity contribution in [1.29, 1.82) is 0 Å². The largest absolute Gasteiger partial charge is 0.390 e. The third-order valence-corrected chi connectivity index (χ3v) is 3.32. The van der Waals surface area contributed by atoms with E-state index in [0.29, 0.717) is 19.1 Å². The van der Waals surface area contributed by atoms with E-state index >= 15 is 0 Å². The molecule has 0 amide bonds. The lowest BCUT2D eigenvalue weighted by atomic mass is 10.2. The van der Waals surface area contributed by atoms with Gasteiger partial charge in [0.25, 0.3) is 0 Å². The molecule has 4 heteroatoms. The van der Waals surface area contributed by atoms with E-state index in [0.717, 1.165) is 11.6 Å². The summed E-state index contributed by atoms with van der Waals surface area (Å²) in [6.07, 6.45) is 2.20. The Morgan fingerprint density at radius 3 is 2.94 bits per heavy atom. The fourth-order valence-electron chi connectivity index (χ4n) is 2.03. The average Bonchev–Trinajstić information content (AvgIpc) is 3.09. The van der Waals surface area contributed by atoms with Crippen LogP contribution in [-0.4, -0.2) is 42.3 Å². The number of aliphatic hydroxyl groups excluding tert-OH is 1. The van der Waals surface area contributed by atoms with E-state index in [2.05, 4.69) is 16.3 Å². The molecule has 1 unspecified atom stereocenters. The van der Waals surface area contributed by atoms with Gasteiger partial charge in [-0.1, -0.05) is 23.7 Å². The second-order valence-electron chi connectivity index (χ2n) is 5.16. The number of hydrogen-bond acceptors (Lipinski definition) is 3. The number of nitrogens with one attached hydrogen (secondary N) is 1. The monoisotopic (exact) mass is 268 g/mol. The first kappa shape index (κ1) is 13.8. The first-order valence-electron chi connectivity index (χ1n) is 6.48. The predicted molar refractivity (Wildman–Crippen MR) is 74.8 cm³/mol. The number of hydrogen-bond donors (Lipinski definition) is 2. The SMILES string of the molecule is CN(Cc1cccc(Cl)c1)CC(O)CNC1CC1. The van der Waals surface area contributed by atoms with Crippen LogP contribution >= 0.6 is 11.6 Å². The lowest BCUT2D eigenvalue weighted by Gasteiger charge is -2.21. The van der Waals surface area contributed by atoms with Gasteiger partial charge in [0.15, 0.2) is 0 Å². The lowest BCUT2D eigenvalue weighted by molar-refractivity contribution is 0.121. The summed E-state index contributed by atoms with van der Waals surface area (Å²) in [7, 11) is 2.02. The zero-order valence-corrected chi connectivity index (χ0v) is 11.5. The molecule has 0 saturated heterocycles. The topological polar surface area (TPSA) is 35.5 Å². The molecule has 18 heavy (non-hydrogen) atoms. The molecule has 0 radical (unpaired) electrons. The normalized spacial score (nSPS) is 17.1. The molecular formula is C14H21ClN2O. The molecule has 1 aliphatic carbocycles. The van der Waals surface area contributed by atoms with E-state index in [1.165, 1.54) is 18.4 Å². The van der Waals surface area contributed by atoms with Crippen molar-refractivity contribution in [3.05, 3.63) is 34.9 Å². The van der Waals surface area contributed by atoms with Crippen molar-refractivity contribution in [3.63, 3.8) is 0 Å². The number of nitrogens with zero attached hydrogens (tertiary/aromatic N) is 1. The van der Waals surface area contributed by atoms with Gasteiger partial charge in [0.05, 0.1) is 6.10 Å². The zero-order chi connectivity index (χ0) is 13.0. The Morgan fingerprint density at radius 1 is 1.50 bits per heavy atom. The highest BCUT2D eigenvalue weighted by atomic mass is 35.5. The number of benzene rings is 1. The van der Waals surface area contributed by atoms with Crippen molar-refractivity contribution in [3.8, 4) is 0 Å². The molecular weight excluding hydrogens is 248 g/mol. The highest BCUT2D eigenvalue weighted by Crippen LogP contribution is 2.18. The van der Waals surface area contributed by atoms with Crippen LogP contribution in [0.5, 0.6) is 0 Å². The Morgan fingerprint density at radius 2 is 2.28 bits per heavy atom. The number of likely N-dealkylation sites (N-methyl/N-ethyl adjacent to an activating group) is 1. The van der Waals surface area contributed by atoms with Gasteiger partial charge in [-0.05, 0) is 37.6 Å². The molecule has 1 aliphatic rings. The molecule has 2 N–H and O–H groups in total. The molecule has 3 nitrogen and oxygen atoms in total. The molecule has 0 heterocycles. The Labute approximate surface area is 114 Å². The first-order valence-corrected chi connectivity index (χ1v) is 6.85. The lowest BCUT2D eigenvalue weighted by Crippen LogP contribution is -2.37. The third kappa shape index (κ3) is 4.94. The van der Waals surface area contributed by atoms with Crippen LogP contribution in [0.1, 0.15) is 18.4 Å². The Balaban J connectivity index is 1.71. The molecule has 0 spiro atoms. The highest BCUT2D eigenvalue weighted by molar-refractivity contribution is 6.30. The third-order valence-electron chi connectivity index (χ3n) is 3.08. The highest BCUT2D eigenvalue weighted by Gasteiger charge is 2.21. The molecule has 1 aromatic rings. The van der Waals surface area contributed by atoms with Gasteiger partial charge in [0, 0.05) is 30.7 Å². The van der Waals surface area contributed by atoms with E-state index < -0.39 is 0 Å². The maximum atomic E-state index is 9.90. The zero-order valence-electron chi connectivity index (χ0n) is 10.8. The minimum Gasteiger partial charge on any atom is -0.390 e. The summed E-state index contributed by atoms with van der Waals surface area (Å²) in [4.78, 5) is 2.12. The smallest absolute Gasteiger partial charge is 0.0791 e. The van der Waals surface area contributed by atoms with Crippen molar-refractivity contribution in [2.24, 2.45) is 0 Å². The predicted octanol–water partition coefficient (Wildman–Crippen LogP) is 1.88. The summed E-state index contributed by atoms with van der Waals surface area (Å²) < 4.78 is 0. The summed E-state index contributed by atoms with van der Waals surface area (Å²) >= 11 is 5.95. The van der Waals surface area contributed by atoms with E-state index in [1.54, 1.807) is 0 Å². The molecule has 0 aliphatic heterocycles. The van der Waals surface area contributed by atoms with Gasteiger partial charge in [0.2, 0.25) is 0 Å². The van der Waals surface area contributed by atoms with E-state index in [-0.39, 0.29) is 6.10 Å². The van der Waals surface area contributed by atoms with Gasteiger partial charge in [-0.3, -0.25) is 4.90 Å². The van der Waals surface area contributed by atoms with Crippen LogP contribution < -0.4 is 5.32 Å². The van der Waals surface area contributed by atoms with Crippen molar-refractivity contribution < 1.29 is 5.11 Å². The maximum Gasteiger partial charge on any atom is 0.0791 e. The van der Waals surface area contributed by atoms with Crippen LogP contribution in [0.25, 0.3) is 0 Å². The quantitative estimate of drug-likeness (QED) is 0.793. The molecule has 2 rings (SSSR count). The number of halogens is 1. The summed E-state index contributed by atoms with van der Waals surface area (Å²) in [5.41, 5.74) is 1.17. The minimum atomic E-state index is -0.310. The average molecular weight is 269 g/mol. The number of aliphatic hydroxyl groups is 1. The first-order chi connectivity index (χ1) is 8.63. The van der Waals surface area contributed by atoms with Gasteiger partial charge in [0.1, 0.15) is 0 Å². The Bertz CT molecular complexity index is 382. The van der Waals surface area contributed by atoms with Crippen LogP contribution in [-0.2, 0) is 6.54 Å². The summed E-state index contributed by atoms with van der Waals surface area (Å²) in [6.45, 7) is 2.16.